The van der Waals surface area contributed by atoms with Gasteiger partial charge in [0.15, 0.2) is 11.6 Å². The average Bonchev–Trinajstić information content (AvgIpc) is 2.41. The van der Waals surface area contributed by atoms with Crippen LogP contribution in [-0.4, -0.2) is 24.7 Å². The minimum atomic E-state index is -0.910. The Kier molecular flexibility index (Phi) is 7.15. The molecule has 1 aromatic carbocycles. The molecule has 1 atom stereocenters. The van der Waals surface area contributed by atoms with Crippen molar-refractivity contribution in [1.82, 2.24) is 5.32 Å². The van der Waals surface area contributed by atoms with Gasteiger partial charge in [-0.3, -0.25) is 4.79 Å². The van der Waals surface area contributed by atoms with Crippen molar-refractivity contribution in [3.8, 4) is 5.75 Å². The third-order valence-corrected chi connectivity index (χ3v) is 3.31. The lowest BCUT2D eigenvalue weighted by atomic mass is 10.0. The zero-order chi connectivity index (χ0) is 15.8. The molecule has 5 heteroatoms. The standard InChI is InChI=1S/C16H24FNO3/c1-11(2)5-4-8-18-14(10-16(19)20)12-6-7-15(21-3)13(17)9-12/h6-7,9,11,14,18H,4-5,8,10H2,1-3H3,(H,19,20). The number of hydrogen-bond acceptors (Lipinski definition) is 3. The second-order valence-corrected chi connectivity index (χ2v) is 5.53. The van der Waals surface area contributed by atoms with E-state index in [0.29, 0.717) is 18.0 Å². The van der Waals surface area contributed by atoms with Gasteiger partial charge < -0.3 is 15.2 Å². The van der Waals surface area contributed by atoms with Gasteiger partial charge in [-0.1, -0.05) is 19.9 Å². The zero-order valence-corrected chi connectivity index (χ0v) is 12.9. The van der Waals surface area contributed by atoms with Crippen molar-refractivity contribution in [3.63, 3.8) is 0 Å². The van der Waals surface area contributed by atoms with E-state index in [-0.39, 0.29) is 12.2 Å². The number of carboxylic acid groups (broad SMARTS) is 1. The lowest BCUT2D eigenvalue weighted by Crippen LogP contribution is -2.25. The van der Waals surface area contributed by atoms with Crippen LogP contribution in [0.25, 0.3) is 0 Å². The van der Waals surface area contributed by atoms with Crippen LogP contribution in [0.2, 0.25) is 0 Å². The van der Waals surface area contributed by atoms with E-state index < -0.39 is 17.8 Å². The van der Waals surface area contributed by atoms with Crippen molar-refractivity contribution < 1.29 is 19.0 Å². The molecule has 0 amide bonds. The molecule has 21 heavy (non-hydrogen) atoms. The van der Waals surface area contributed by atoms with Gasteiger partial charge >= 0.3 is 5.97 Å². The van der Waals surface area contributed by atoms with Crippen LogP contribution in [0, 0.1) is 11.7 Å². The van der Waals surface area contributed by atoms with Gasteiger partial charge in [-0.25, -0.2) is 4.39 Å². The summed E-state index contributed by atoms with van der Waals surface area (Å²) in [7, 11) is 1.40. The highest BCUT2D eigenvalue weighted by Gasteiger charge is 2.16. The van der Waals surface area contributed by atoms with E-state index in [2.05, 4.69) is 19.2 Å². The van der Waals surface area contributed by atoms with E-state index >= 15 is 0 Å². The van der Waals surface area contributed by atoms with E-state index in [4.69, 9.17) is 9.84 Å². The summed E-state index contributed by atoms with van der Waals surface area (Å²) in [6.45, 7) is 5.00. The largest absolute Gasteiger partial charge is 0.494 e. The summed E-state index contributed by atoms with van der Waals surface area (Å²) in [5, 5.41) is 12.2. The molecule has 0 aliphatic rings. The van der Waals surface area contributed by atoms with Gasteiger partial charge in [-0.05, 0) is 43.0 Å². The van der Waals surface area contributed by atoms with Crippen molar-refractivity contribution in [2.75, 3.05) is 13.7 Å². The second-order valence-electron chi connectivity index (χ2n) is 5.53. The smallest absolute Gasteiger partial charge is 0.305 e. The molecule has 0 spiro atoms. The van der Waals surface area contributed by atoms with Crippen molar-refractivity contribution in [1.29, 1.82) is 0 Å². The third-order valence-electron chi connectivity index (χ3n) is 3.31. The number of carbonyl (C=O) groups is 1. The van der Waals surface area contributed by atoms with Gasteiger partial charge in [0.1, 0.15) is 0 Å². The molecular weight excluding hydrogens is 273 g/mol. The molecule has 2 N–H and O–H groups in total. The Bertz CT molecular complexity index is 463. The third kappa shape index (κ3) is 6.12. The van der Waals surface area contributed by atoms with Crippen LogP contribution in [-0.2, 0) is 4.79 Å². The topological polar surface area (TPSA) is 58.6 Å². The van der Waals surface area contributed by atoms with E-state index in [9.17, 15) is 9.18 Å². The predicted octanol–water partition coefficient (Wildman–Crippen LogP) is 3.38. The maximum absolute atomic E-state index is 13.7. The maximum atomic E-state index is 13.7. The Morgan fingerprint density at radius 2 is 2.14 bits per heavy atom. The van der Waals surface area contributed by atoms with Crippen molar-refractivity contribution in [3.05, 3.63) is 29.6 Å². The van der Waals surface area contributed by atoms with E-state index in [0.717, 1.165) is 12.8 Å². The van der Waals surface area contributed by atoms with Crippen LogP contribution in [0.15, 0.2) is 18.2 Å². The first-order valence-electron chi connectivity index (χ1n) is 7.22. The number of nitrogens with one attached hydrogen (secondary N) is 1. The van der Waals surface area contributed by atoms with Gasteiger partial charge in [0, 0.05) is 6.04 Å². The Morgan fingerprint density at radius 1 is 1.43 bits per heavy atom. The number of rotatable bonds is 9. The molecule has 4 nitrogen and oxygen atoms in total. The van der Waals surface area contributed by atoms with Crippen LogP contribution in [0.5, 0.6) is 5.75 Å². The minimum absolute atomic E-state index is 0.0759. The monoisotopic (exact) mass is 297 g/mol. The minimum Gasteiger partial charge on any atom is -0.494 e. The van der Waals surface area contributed by atoms with E-state index in [1.807, 2.05) is 0 Å². The molecule has 0 aromatic heterocycles. The maximum Gasteiger partial charge on any atom is 0.305 e. The molecule has 0 aliphatic heterocycles. The summed E-state index contributed by atoms with van der Waals surface area (Å²) in [5.74, 6) is -0.613. The van der Waals surface area contributed by atoms with Gasteiger partial charge in [0.05, 0.1) is 13.5 Å². The lowest BCUT2D eigenvalue weighted by Gasteiger charge is -2.18. The number of benzene rings is 1. The number of halogens is 1. The molecule has 1 aromatic rings. The summed E-state index contributed by atoms with van der Waals surface area (Å²) in [6, 6.07) is 4.16. The van der Waals surface area contributed by atoms with Crippen molar-refractivity contribution in [2.24, 2.45) is 5.92 Å². The quantitative estimate of drug-likeness (QED) is 0.686. The van der Waals surface area contributed by atoms with Crippen LogP contribution in [0.1, 0.15) is 44.7 Å². The number of methoxy groups -OCH3 is 1. The number of carboxylic acids is 1. The van der Waals surface area contributed by atoms with Crippen LogP contribution in [0.3, 0.4) is 0 Å². The average molecular weight is 297 g/mol. The number of aliphatic carboxylic acids is 1. The number of hydrogen-bond donors (Lipinski definition) is 2. The predicted molar refractivity (Wildman–Crippen MR) is 80.0 cm³/mol. The fraction of sp³-hybridized carbons (Fsp3) is 0.562. The van der Waals surface area contributed by atoms with Crippen molar-refractivity contribution in [2.45, 2.75) is 39.2 Å². The van der Waals surface area contributed by atoms with Gasteiger partial charge in [-0.2, -0.15) is 0 Å². The Labute approximate surface area is 125 Å². The molecule has 0 radical (unpaired) electrons. The lowest BCUT2D eigenvalue weighted by molar-refractivity contribution is -0.137. The molecule has 0 saturated heterocycles. The van der Waals surface area contributed by atoms with E-state index in [1.165, 1.54) is 19.2 Å². The molecule has 0 aliphatic carbocycles. The van der Waals surface area contributed by atoms with Crippen LogP contribution in [0.4, 0.5) is 4.39 Å². The summed E-state index contributed by atoms with van der Waals surface area (Å²) in [4.78, 5) is 11.0. The first-order valence-corrected chi connectivity index (χ1v) is 7.22. The molecule has 0 fully saturated rings. The Morgan fingerprint density at radius 3 is 2.67 bits per heavy atom. The van der Waals surface area contributed by atoms with Crippen molar-refractivity contribution >= 4 is 5.97 Å². The normalized spacial score (nSPS) is 12.4. The fourth-order valence-electron chi connectivity index (χ4n) is 2.17. The molecule has 118 valence electrons. The Balaban J connectivity index is 2.72. The zero-order valence-electron chi connectivity index (χ0n) is 12.9. The SMILES string of the molecule is COc1ccc(C(CC(=O)O)NCCCC(C)C)cc1F. The Hall–Kier alpha value is -1.62. The number of ether oxygens (including phenoxy) is 1. The second kappa shape index (κ2) is 8.62. The highest BCUT2D eigenvalue weighted by molar-refractivity contribution is 5.68. The molecule has 0 saturated carbocycles. The highest BCUT2D eigenvalue weighted by atomic mass is 19.1. The summed E-state index contributed by atoms with van der Waals surface area (Å²) in [5.41, 5.74) is 0.625. The first kappa shape index (κ1) is 17.4. The van der Waals surface area contributed by atoms with Crippen LogP contribution >= 0.6 is 0 Å². The fourth-order valence-corrected chi connectivity index (χ4v) is 2.17. The molecule has 0 bridgehead atoms. The summed E-state index contributed by atoms with van der Waals surface area (Å²) < 4.78 is 18.6. The van der Waals surface area contributed by atoms with Gasteiger partial charge in [-0.15, -0.1) is 0 Å². The summed E-state index contributed by atoms with van der Waals surface area (Å²) >= 11 is 0. The van der Waals surface area contributed by atoms with Crippen LogP contribution < -0.4 is 10.1 Å². The molecule has 1 rings (SSSR count). The first-order chi connectivity index (χ1) is 9.93. The summed E-state index contributed by atoms with van der Waals surface area (Å²) in [6.07, 6.45) is 1.96. The molecule has 0 heterocycles. The molecule has 1 unspecified atom stereocenters. The molecular formula is C16H24FNO3. The van der Waals surface area contributed by atoms with Gasteiger partial charge in [0.25, 0.3) is 0 Å². The van der Waals surface area contributed by atoms with E-state index in [1.54, 1.807) is 6.07 Å². The van der Waals surface area contributed by atoms with Gasteiger partial charge in [0.2, 0.25) is 0 Å². The highest BCUT2D eigenvalue weighted by Crippen LogP contribution is 2.24.